The Morgan fingerprint density at radius 3 is 0.585 bits per heavy atom. The van der Waals surface area contributed by atoms with Gasteiger partial charge in [0.15, 0.2) is 0 Å². The molecule has 352 valence electrons. The van der Waals surface area contributed by atoms with E-state index in [0.717, 1.165) is 16.7 Å². The van der Waals surface area contributed by atoms with Gasteiger partial charge in [0.1, 0.15) is 17.2 Å². The zero-order chi connectivity index (χ0) is 47.9. The minimum absolute atomic E-state index is 0.160. The summed E-state index contributed by atoms with van der Waals surface area (Å²) in [4.78, 5) is 88.5. The van der Waals surface area contributed by atoms with Crippen molar-refractivity contribution in [2.45, 2.75) is 62.3 Å². The first-order valence-corrected chi connectivity index (χ1v) is 22.1. The molecule has 17 nitrogen and oxygen atoms in total. The third-order valence-corrected chi connectivity index (χ3v) is 13.2. The van der Waals surface area contributed by atoms with Gasteiger partial charge in [0.2, 0.25) is 0 Å². The first kappa shape index (κ1) is 49.8. The second kappa shape index (κ2) is 21.7. The van der Waals surface area contributed by atoms with E-state index in [1.165, 1.54) is 21.3 Å². The van der Waals surface area contributed by atoms with Crippen molar-refractivity contribution in [3.63, 3.8) is 0 Å². The van der Waals surface area contributed by atoms with Crippen LogP contribution in [0.25, 0.3) is 0 Å². The number of fused-ring (bicyclic) bond motifs is 18. The summed E-state index contributed by atoms with van der Waals surface area (Å²) >= 11 is 0. The van der Waals surface area contributed by atoms with Gasteiger partial charge in [0, 0.05) is 78.5 Å². The summed E-state index contributed by atoms with van der Waals surface area (Å²) in [6.45, 7) is 19.3. The van der Waals surface area contributed by atoms with Gasteiger partial charge in [0.25, 0.3) is 35.4 Å². The zero-order valence-electron chi connectivity index (χ0n) is 40.1. The van der Waals surface area contributed by atoms with Crippen LogP contribution in [0.3, 0.4) is 0 Å². The largest absolute Gasteiger partial charge is 0.495 e. The van der Waals surface area contributed by atoms with Gasteiger partial charge < -0.3 is 46.1 Å². The van der Waals surface area contributed by atoms with Crippen LogP contribution < -0.4 is 46.1 Å². The lowest BCUT2D eigenvalue weighted by molar-refractivity contribution is 0.0931. The van der Waals surface area contributed by atoms with E-state index < -0.39 is 35.4 Å². The summed E-state index contributed by atoms with van der Waals surface area (Å²) < 4.78 is 17.5. The number of benzene rings is 3. The molecule has 65 heavy (non-hydrogen) atoms. The highest BCUT2D eigenvalue weighted by molar-refractivity contribution is 6.08. The van der Waals surface area contributed by atoms with E-state index in [2.05, 4.69) is 31.9 Å². The van der Waals surface area contributed by atoms with Crippen LogP contribution in [-0.4, -0.2) is 145 Å². The van der Waals surface area contributed by atoms with Crippen LogP contribution >= 0.6 is 0 Å². The van der Waals surface area contributed by atoms with Crippen molar-refractivity contribution in [3.05, 3.63) is 83.5 Å². The van der Waals surface area contributed by atoms with Gasteiger partial charge in [0.05, 0.1) is 54.7 Å². The molecule has 0 aromatic heterocycles. The summed E-state index contributed by atoms with van der Waals surface area (Å²) in [5.41, 5.74) is 7.86. The number of nitrogens with one attached hydrogen (secondary N) is 6. The summed E-state index contributed by atoms with van der Waals surface area (Å²) in [5.74, 6) is -2.03. The maximum Gasteiger partial charge on any atom is 0.255 e. The van der Waals surface area contributed by atoms with E-state index in [-0.39, 0.29) is 89.9 Å². The molecule has 0 radical (unpaired) electrons. The van der Waals surface area contributed by atoms with E-state index in [9.17, 15) is 28.8 Å². The average molecular weight is 899 g/mol. The van der Waals surface area contributed by atoms with Crippen LogP contribution in [0.4, 0.5) is 0 Å². The van der Waals surface area contributed by atoms with Gasteiger partial charge in [-0.25, -0.2) is 0 Å². The predicted octanol–water partition coefficient (Wildman–Crippen LogP) is 2.90. The molecule has 0 aliphatic carbocycles. The molecule has 3 heterocycles. The molecule has 8 bridgehead atoms. The maximum atomic E-state index is 14.1. The number of amides is 6. The Bertz CT molecular complexity index is 1990. The highest BCUT2D eigenvalue weighted by Crippen LogP contribution is 2.36. The maximum absolute atomic E-state index is 14.1. The predicted molar refractivity (Wildman–Crippen MR) is 248 cm³/mol. The highest BCUT2D eigenvalue weighted by atomic mass is 16.5. The number of rotatable bonds is 3. The van der Waals surface area contributed by atoms with Crippen LogP contribution in [0.1, 0.15) is 112 Å². The summed E-state index contributed by atoms with van der Waals surface area (Å²) in [6.07, 6.45) is 0. The highest BCUT2D eigenvalue weighted by Gasteiger charge is 2.31. The zero-order valence-corrected chi connectivity index (χ0v) is 40.1. The molecule has 3 aromatic rings. The van der Waals surface area contributed by atoms with Gasteiger partial charge in [-0.15, -0.1) is 0 Å². The molecule has 6 rings (SSSR count). The molecule has 3 aromatic carbocycles. The van der Waals surface area contributed by atoms with Gasteiger partial charge in [-0.05, 0) is 112 Å². The number of ether oxygens (including phenoxy) is 3. The van der Waals surface area contributed by atoms with Crippen molar-refractivity contribution >= 4 is 35.4 Å². The lowest BCUT2D eigenvalue weighted by atomic mass is 9.91. The second-order valence-electron chi connectivity index (χ2n) is 16.7. The lowest BCUT2D eigenvalue weighted by Crippen LogP contribution is -2.44. The quantitative estimate of drug-likeness (QED) is 0.225. The standard InChI is InChI=1S/C48H66N8O9/c1-25-28(4)34-40(63-10)35(29(25)5)44(58)50-14-20-56-22-16-52-46(60)37-31(7)26(2)30(6)36(41(37)64-11)45(59)51-15-21-55(19-13-49-43(34)57)23-17-53-47(61)38-32(8)27(3)33(9)39(42(38)65-12)48(62)54-18-24-56/h13-24H2,1-12H3,(H,49,57)(H,50,58)(H,51,59)(H,52,60)(H,53,61)(H,54,62). The number of carbonyl (C=O) groups excluding carboxylic acids is 6. The van der Waals surface area contributed by atoms with Crippen LogP contribution in [0.2, 0.25) is 0 Å². The Morgan fingerprint density at radius 2 is 0.446 bits per heavy atom. The number of hydrogen-bond donors (Lipinski definition) is 6. The van der Waals surface area contributed by atoms with Crippen molar-refractivity contribution in [2.24, 2.45) is 0 Å². The van der Waals surface area contributed by atoms with Crippen molar-refractivity contribution in [3.8, 4) is 17.2 Å². The van der Waals surface area contributed by atoms with Crippen LogP contribution in [-0.2, 0) is 0 Å². The van der Waals surface area contributed by atoms with Crippen molar-refractivity contribution in [1.29, 1.82) is 0 Å². The molecule has 0 atom stereocenters. The van der Waals surface area contributed by atoms with E-state index in [1.54, 1.807) is 0 Å². The molecule has 0 spiro atoms. The van der Waals surface area contributed by atoms with Gasteiger partial charge in [-0.2, -0.15) is 0 Å². The molecule has 3 aliphatic rings. The van der Waals surface area contributed by atoms with Gasteiger partial charge in [-0.3, -0.25) is 38.6 Å². The number of carbonyl (C=O) groups is 6. The van der Waals surface area contributed by atoms with Crippen LogP contribution in [0, 0.1) is 62.3 Å². The summed E-state index contributed by atoms with van der Waals surface area (Å²) in [5, 5.41) is 18.1. The van der Waals surface area contributed by atoms with Gasteiger partial charge in [-0.1, -0.05) is 0 Å². The SMILES string of the molecule is COc1c2c(C)c(C)c(C)c1C(=O)NCCN1CCNC(=O)c3c(C)c(C)c(C)c(c3OC)C(=O)NCCN(CCNC2=O)CCNC(=O)c2c(C)c(C)c(C)c(c2OC)C(=O)NCC1. The average Bonchev–Trinajstić information content (AvgIpc) is 3.27. The molecule has 0 saturated heterocycles. The normalized spacial score (nSPS) is 18.6. The Balaban J connectivity index is 1.64. The first-order chi connectivity index (χ1) is 30.9. The number of nitrogens with zero attached hydrogens (tertiary/aromatic N) is 2. The van der Waals surface area contributed by atoms with E-state index >= 15 is 0 Å². The Morgan fingerprint density at radius 1 is 0.292 bits per heavy atom. The third-order valence-electron chi connectivity index (χ3n) is 13.2. The fourth-order valence-corrected chi connectivity index (χ4v) is 8.78. The lowest BCUT2D eigenvalue weighted by Gasteiger charge is -2.26. The Hall–Kier alpha value is -6.20. The van der Waals surface area contributed by atoms with Crippen LogP contribution in [0.15, 0.2) is 0 Å². The Labute approximate surface area is 382 Å². The van der Waals surface area contributed by atoms with E-state index in [4.69, 9.17) is 14.2 Å². The monoisotopic (exact) mass is 898 g/mol. The first-order valence-electron chi connectivity index (χ1n) is 22.1. The minimum atomic E-state index is -0.418. The van der Waals surface area contributed by atoms with Gasteiger partial charge >= 0.3 is 0 Å². The fraction of sp³-hybridized carbons (Fsp3) is 0.500. The topological polar surface area (TPSA) is 209 Å². The van der Waals surface area contributed by atoms with Crippen molar-refractivity contribution < 1.29 is 43.0 Å². The second-order valence-corrected chi connectivity index (χ2v) is 16.7. The molecule has 0 unspecified atom stereocenters. The Kier molecular flexibility index (Phi) is 16.6. The fourth-order valence-electron chi connectivity index (χ4n) is 8.78. The van der Waals surface area contributed by atoms with Crippen LogP contribution in [0.5, 0.6) is 17.2 Å². The molecule has 0 fully saturated rings. The summed E-state index contributed by atoms with van der Waals surface area (Å²) in [6, 6.07) is 0. The molecule has 6 N–H and O–H groups in total. The summed E-state index contributed by atoms with van der Waals surface area (Å²) in [7, 11) is 4.30. The van der Waals surface area contributed by atoms with Crippen molar-refractivity contribution in [1.82, 2.24) is 41.7 Å². The van der Waals surface area contributed by atoms with E-state index in [0.29, 0.717) is 72.6 Å². The molecule has 0 saturated carbocycles. The smallest absolute Gasteiger partial charge is 0.255 e. The molecule has 3 aliphatic heterocycles. The number of methoxy groups -OCH3 is 3. The molecular weight excluding hydrogens is 833 g/mol. The molecule has 17 heteroatoms. The van der Waals surface area contributed by atoms with Crippen molar-refractivity contribution in [2.75, 3.05) is 99.9 Å². The number of hydrogen-bond acceptors (Lipinski definition) is 11. The third kappa shape index (κ3) is 10.4. The minimum Gasteiger partial charge on any atom is -0.495 e. The molecule has 6 amide bonds. The van der Waals surface area contributed by atoms with E-state index in [1.807, 2.05) is 72.1 Å². The molecular formula is C48H66N8O9.